The molecule has 0 bridgehead atoms. The van der Waals surface area contributed by atoms with Crippen LogP contribution < -0.4 is 10.2 Å². The number of rotatable bonds is 6. The molecule has 0 aliphatic carbocycles. The van der Waals surface area contributed by atoms with Gasteiger partial charge in [-0.15, -0.1) is 5.10 Å². The highest BCUT2D eigenvalue weighted by Gasteiger charge is 2.20. The molecule has 108 valence electrons. The Kier molecular flexibility index (Phi) is 4.05. The molecule has 7 heteroatoms. The molecule has 1 atom stereocenters. The topological polar surface area (TPSA) is 71.2 Å². The molecular weight excluding hydrogens is 254 g/mol. The summed E-state index contributed by atoms with van der Waals surface area (Å²) in [7, 11) is 0. The smallest absolute Gasteiger partial charge is 0.199 e. The van der Waals surface area contributed by atoms with Crippen LogP contribution >= 0.6 is 0 Å². The van der Waals surface area contributed by atoms with Gasteiger partial charge in [0.1, 0.15) is 0 Å². The van der Waals surface area contributed by atoms with E-state index >= 15 is 0 Å². The fourth-order valence-corrected chi connectivity index (χ4v) is 2.71. The zero-order valence-corrected chi connectivity index (χ0v) is 11.9. The van der Waals surface area contributed by atoms with Crippen LogP contribution in [0.4, 0.5) is 5.82 Å². The Labute approximate surface area is 118 Å². The summed E-state index contributed by atoms with van der Waals surface area (Å²) in [5, 5.41) is 15.3. The highest BCUT2D eigenvalue weighted by Crippen LogP contribution is 2.16. The van der Waals surface area contributed by atoms with Gasteiger partial charge in [0, 0.05) is 19.1 Å². The molecule has 2 aromatic rings. The summed E-state index contributed by atoms with van der Waals surface area (Å²) in [5.74, 6) is 0.981. The minimum Gasteiger partial charge on any atom is -0.354 e. The standard InChI is InChI=1S/C13H21N7/c1-2-3-7-19(10-11-5-4-6-15-11)13-9-14-8-12-16-17-18-20(12)13/h8-9,11,15H,2-7,10H2,1H3. The van der Waals surface area contributed by atoms with Gasteiger partial charge in [-0.3, -0.25) is 4.98 Å². The third-order valence-electron chi connectivity index (χ3n) is 3.80. The van der Waals surface area contributed by atoms with Gasteiger partial charge in [0.25, 0.3) is 0 Å². The second-order valence-corrected chi connectivity index (χ2v) is 5.31. The quantitative estimate of drug-likeness (QED) is 0.844. The first-order valence-electron chi connectivity index (χ1n) is 7.39. The first-order chi connectivity index (χ1) is 9.88. The fraction of sp³-hybridized carbons (Fsp3) is 0.692. The molecule has 0 spiro atoms. The van der Waals surface area contributed by atoms with Crippen molar-refractivity contribution >= 4 is 11.5 Å². The van der Waals surface area contributed by atoms with Crippen molar-refractivity contribution in [2.75, 3.05) is 24.5 Å². The maximum atomic E-state index is 4.26. The summed E-state index contributed by atoms with van der Waals surface area (Å²) < 4.78 is 1.78. The van der Waals surface area contributed by atoms with E-state index in [1.165, 1.54) is 19.3 Å². The van der Waals surface area contributed by atoms with E-state index in [-0.39, 0.29) is 0 Å². The van der Waals surface area contributed by atoms with Gasteiger partial charge in [0.2, 0.25) is 0 Å². The Morgan fingerprint density at radius 1 is 1.45 bits per heavy atom. The van der Waals surface area contributed by atoms with Crippen LogP contribution in [-0.4, -0.2) is 50.7 Å². The fourth-order valence-electron chi connectivity index (χ4n) is 2.71. The van der Waals surface area contributed by atoms with Gasteiger partial charge >= 0.3 is 0 Å². The molecule has 1 aliphatic rings. The number of nitrogens with one attached hydrogen (secondary N) is 1. The molecule has 0 radical (unpaired) electrons. The average Bonchev–Trinajstić information content (AvgIpc) is 3.13. The molecule has 2 aromatic heterocycles. The number of unbranched alkanes of at least 4 members (excludes halogenated alkanes) is 1. The SMILES string of the molecule is CCCCN(CC1CCCN1)c1cncc2nnnn12. The van der Waals surface area contributed by atoms with Crippen molar-refractivity contribution < 1.29 is 0 Å². The lowest BCUT2D eigenvalue weighted by Crippen LogP contribution is -2.39. The second-order valence-electron chi connectivity index (χ2n) is 5.31. The molecule has 1 unspecified atom stereocenters. The Balaban J connectivity index is 1.84. The lowest BCUT2D eigenvalue weighted by molar-refractivity contribution is 0.564. The van der Waals surface area contributed by atoms with Gasteiger partial charge in [-0.2, -0.15) is 4.52 Å². The zero-order chi connectivity index (χ0) is 13.8. The predicted molar refractivity (Wildman–Crippen MR) is 76.7 cm³/mol. The summed E-state index contributed by atoms with van der Waals surface area (Å²) in [5.41, 5.74) is 0.698. The summed E-state index contributed by atoms with van der Waals surface area (Å²) in [6, 6.07) is 0.554. The number of hydrogen-bond donors (Lipinski definition) is 1. The molecule has 1 N–H and O–H groups in total. The van der Waals surface area contributed by atoms with E-state index in [9.17, 15) is 0 Å². The summed E-state index contributed by atoms with van der Waals surface area (Å²) in [6.45, 7) is 5.33. The van der Waals surface area contributed by atoms with E-state index in [1.807, 2.05) is 6.20 Å². The van der Waals surface area contributed by atoms with Gasteiger partial charge in [-0.1, -0.05) is 13.3 Å². The predicted octanol–water partition coefficient (Wildman–Crippen LogP) is 0.878. The van der Waals surface area contributed by atoms with Crippen molar-refractivity contribution in [2.45, 2.75) is 38.6 Å². The van der Waals surface area contributed by atoms with E-state index in [2.05, 4.69) is 37.6 Å². The minimum atomic E-state index is 0.554. The summed E-state index contributed by atoms with van der Waals surface area (Å²) in [4.78, 5) is 6.61. The van der Waals surface area contributed by atoms with Crippen LogP contribution in [0.15, 0.2) is 12.4 Å². The monoisotopic (exact) mass is 275 g/mol. The molecular formula is C13H21N7. The van der Waals surface area contributed by atoms with Gasteiger partial charge in [-0.25, -0.2) is 0 Å². The molecule has 0 aromatic carbocycles. The van der Waals surface area contributed by atoms with Crippen LogP contribution in [0.5, 0.6) is 0 Å². The minimum absolute atomic E-state index is 0.554. The maximum absolute atomic E-state index is 4.26. The second kappa shape index (κ2) is 6.13. The molecule has 1 saturated heterocycles. The summed E-state index contributed by atoms with van der Waals surface area (Å²) >= 11 is 0. The van der Waals surface area contributed by atoms with E-state index in [1.54, 1.807) is 10.7 Å². The van der Waals surface area contributed by atoms with E-state index in [0.29, 0.717) is 11.7 Å². The molecule has 3 rings (SSSR count). The Bertz CT molecular complexity index is 546. The van der Waals surface area contributed by atoms with Gasteiger partial charge < -0.3 is 10.2 Å². The van der Waals surface area contributed by atoms with Crippen molar-refractivity contribution in [1.29, 1.82) is 0 Å². The number of nitrogens with zero attached hydrogens (tertiary/aromatic N) is 6. The van der Waals surface area contributed by atoms with Crippen molar-refractivity contribution in [3.05, 3.63) is 12.4 Å². The Morgan fingerprint density at radius 3 is 3.20 bits per heavy atom. The normalized spacial score (nSPS) is 18.8. The van der Waals surface area contributed by atoms with E-state index in [0.717, 1.165) is 31.9 Å². The highest BCUT2D eigenvalue weighted by molar-refractivity contribution is 5.46. The number of anilines is 1. The first-order valence-corrected chi connectivity index (χ1v) is 7.39. The van der Waals surface area contributed by atoms with Crippen molar-refractivity contribution in [3.63, 3.8) is 0 Å². The van der Waals surface area contributed by atoms with Crippen LogP contribution in [0.2, 0.25) is 0 Å². The van der Waals surface area contributed by atoms with Gasteiger partial charge in [-0.05, 0) is 36.2 Å². The largest absolute Gasteiger partial charge is 0.354 e. The number of tetrazole rings is 1. The number of fused-ring (bicyclic) bond motifs is 1. The van der Waals surface area contributed by atoms with Crippen LogP contribution in [0.25, 0.3) is 5.65 Å². The van der Waals surface area contributed by atoms with Crippen molar-refractivity contribution in [2.24, 2.45) is 0 Å². The van der Waals surface area contributed by atoms with Crippen LogP contribution in [0.1, 0.15) is 32.6 Å². The molecule has 20 heavy (non-hydrogen) atoms. The molecule has 0 amide bonds. The lowest BCUT2D eigenvalue weighted by atomic mass is 10.2. The Morgan fingerprint density at radius 2 is 2.40 bits per heavy atom. The third kappa shape index (κ3) is 2.72. The lowest BCUT2D eigenvalue weighted by Gasteiger charge is -2.27. The van der Waals surface area contributed by atoms with Gasteiger partial charge in [0.05, 0.1) is 12.4 Å². The van der Waals surface area contributed by atoms with E-state index < -0.39 is 0 Å². The average molecular weight is 275 g/mol. The van der Waals surface area contributed by atoms with Crippen molar-refractivity contribution in [3.8, 4) is 0 Å². The molecule has 1 aliphatic heterocycles. The molecule has 3 heterocycles. The zero-order valence-electron chi connectivity index (χ0n) is 11.9. The third-order valence-corrected chi connectivity index (χ3v) is 3.80. The van der Waals surface area contributed by atoms with Crippen LogP contribution in [0.3, 0.4) is 0 Å². The maximum Gasteiger partial charge on any atom is 0.199 e. The molecule has 7 nitrogen and oxygen atoms in total. The number of aromatic nitrogens is 5. The Hall–Kier alpha value is -1.76. The van der Waals surface area contributed by atoms with Crippen molar-refractivity contribution in [1.82, 2.24) is 30.3 Å². The molecule has 0 saturated carbocycles. The van der Waals surface area contributed by atoms with Crippen LogP contribution in [0, 0.1) is 0 Å². The summed E-state index contributed by atoms with van der Waals surface area (Å²) in [6.07, 6.45) is 8.38. The molecule has 1 fully saturated rings. The first kappa shape index (κ1) is 13.2. The van der Waals surface area contributed by atoms with Crippen LogP contribution in [-0.2, 0) is 0 Å². The van der Waals surface area contributed by atoms with E-state index in [4.69, 9.17) is 0 Å². The van der Waals surface area contributed by atoms with Gasteiger partial charge in [0.15, 0.2) is 11.5 Å². The highest BCUT2D eigenvalue weighted by atomic mass is 15.5. The number of hydrogen-bond acceptors (Lipinski definition) is 6.